The lowest BCUT2D eigenvalue weighted by molar-refractivity contribution is -0.129. The van der Waals surface area contributed by atoms with Gasteiger partial charge in [0.25, 0.3) is 0 Å². The predicted molar refractivity (Wildman–Crippen MR) is 67.4 cm³/mol. The number of amides is 1. The highest BCUT2D eigenvalue weighted by molar-refractivity contribution is 5.78. The molecule has 0 radical (unpaired) electrons. The second kappa shape index (κ2) is 6.24. The van der Waals surface area contributed by atoms with Crippen LogP contribution in [0.1, 0.15) is 46.5 Å². The highest BCUT2D eigenvalue weighted by Crippen LogP contribution is 2.36. The summed E-state index contributed by atoms with van der Waals surface area (Å²) >= 11 is 0. The molecule has 16 heavy (non-hydrogen) atoms. The molecule has 0 bridgehead atoms. The van der Waals surface area contributed by atoms with Crippen molar-refractivity contribution in [3.05, 3.63) is 0 Å². The number of rotatable bonds is 6. The van der Waals surface area contributed by atoms with Crippen LogP contribution in [0.2, 0.25) is 0 Å². The number of carbonyl (C=O) groups is 1. The standard InChI is InChI=1S/C13H26N2O/c1-4-8-14-10-12(16)15-9-7-13(5-2,6-3)11-15/h14H,4-11H2,1-3H3. The number of carbonyl (C=O) groups excluding carboxylic acids is 1. The van der Waals surface area contributed by atoms with Gasteiger partial charge < -0.3 is 10.2 Å². The molecular weight excluding hydrogens is 200 g/mol. The number of nitrogens with one attached hydrogen (secondary N) is 1. The lowest BCUT2D eigenvalue weighted by Gasteiger charge is -2.26. The lowest BCUT2D eigenvalue weighted by atomic mass is 9.82. The smallest absolute Gasteiger partial charge is 0.236 e. The first kappa shape index (κ1) is 13.5. The zero-order chi connectivity index (χ0) is 12.0. The van der Waals surface area contributed by atoms with E-state index in [1.54, 1.807) is 0 Å². The summed E-state index contributed by atoms with van der Waals surface area (Å²) in [5, 5.41) is 3.18. The first-order valence-corrected chi connectivity index (χ1v) is 6.66. The second-order valence-corrected chi connectivity index (χ2v) is 4.95. The fourth-order valence-electron chi connectivity index (χ4n) is 2.46. The predicted octanol–water partition coefficient (Wildman–Crippen LogP) is 2.02. The summed E-state index contributed by atoms with van der Waals surface area (Å²) in [7, 11) is 0. The Morgan fingerprint density at radius 2 is 2.00 bits per heavy atom. The molecule has 94 valence electrons. The highest BCUT2D eigenvalue weighted by Gasteiger charge is 2.36. The van der Waals surface area contributed by atoms with Crippen LogP contribution in [-0.4, -0.2) is 37.0 Å². The molecule has 0 aromatic rings. The van der Waals surface area contributed by atoms with Gasteiger partial charge in [-0.05, 0) is 37.6 Å². The first-order valence-electron chi connectivity index (χ1n) is 6.66. The summed E-state index contributed by atoms with van der Waals surface area (Å²) in [6, 6.07) is 0. The number of likely N-dealkylation sites (tertiary alicyclic amines) is 1. The van der Waals surface area contributed by atoms with Gasteiger partial charge in [-0.1, -0.05) is 20.8 Å². The van der Waals surface area contributed by atoms with Crippen LogP contribution in [0, 0.1) is 5.41 Å². The van der Waals surface area contributed by atoms with E-state index < -0.39 is 0 Å². The zero-order valence-electron chi connectivity index (χ0n) is 11.0. The molecule has 1 amide bonds. The minimum Gasteiger partial charge on any atom is -0.341 e. The van der Waals surface area contributed by atoms with Crippen molar-refractivity contribution in [1.82, 2.24) is 10.2 Å². The number of hydrogen-bond acceptors (Lipinski definition) is 2. The van der Waals surface area contributed by atoms with E-state index in [9.17, 15) is 4.79 Å². The summed E-state index contributed by atoms with van der Waals surface area (Å²) in [5.41, 5.74) is 0.403. The molecule has 0 unspecified atom stereocenters. The van der Waals surface area contributed by atoms with Gasteiger partial charge in [-0.3, -0.25) is 4.79 Å². The van der Waals surface area contributed by atoms with E-state index in [-0.39, 0.29) is 5.91 Å². The molecular formula is C13H26N2O. The van der Waals surface area contributed by atoms with Crippen molar-refractivity contribution < 1.29 is 4.79 Å². The summed E-state index contributed by atoms with van der Waals surface area (Å²) in [5.74, 6) is 0.275. The van der Waals surface area contributed by atoms with Gasteiger partial charge in [0.2, 0.25) is 5.91 Å². The maximum absolute atomic E-state index is 11.9. The fourth-order valence-corrected chi connectivity index (χ4v) is 2.46. The van der Waals surface area contributed by atoms with E-state index in [1.807, 2.05) is 4.90 Å². The van der Waals surface area contributed by atoms with Gasteiger partial charge in [0.15, 0.2) is 0 Å². The van der Waals surface area contributed by atoms with Gasteiger partial charge in [0, 0.05) is 13.1 Å². The van der Waals surface area contributed by atoms with E-state index in [1.165, 1.54) is 19.3 Å². The SMILES string of the molecule is CCCNCC(=O)N1CCC(CC)(CC)C1. The average Bonchev–Trinajstić information content (AvgIpc) is 2.74. The van der Waals surface area contributed by atoms with Gasteiger partial charge in [0.1, 0.15) is 0 Å². The Balaban J connectivity index is 2.37. The van der Waals surface area contributed by atoms with E-state index >= 15 is 0 Å². The maximum atomic E-state index is 11.9. The van der Waals surface area contributed by atoms with Gasteiger partial charge in [0.05, 0.1) is 6.54 Å². The largest absolute Gasteiger partial charge is 0.341 e. The van der Waals surface area contributed by atoms with Gasteiger partial charge in [-0.2, -0.15) is 0 Å². The summed E-state index contributed by atoms with van der Waals surface area (Å²) < 4.78 is 0. The molecule has 0 aliphatic carbocycles. The molecule has 1 fully saturated rings. The third kappa shape index (κ3) is 3.21. The topological polar surface area (TPSA) is 32.3 Å². The highest BCUT2D eigenvalue weighted by atomic mass is 16.2. The van der Waals surface area contributed by atoms with E-state index in [0.29, 0.717) is 12.0 Å². The van der Waals surface area contributed by atoms with Gasteiger partial charge in [-0.25, -0.2) is 0 Å². The van der Waals surface area contributed by atoms with Crippen molar-refractivity contribution in [1.29, 1.82) is 0 Å². The number of hydrogen-bond donors (Lipinski definition) is 1. The maximum Gasteiger partial charge on any atom is 0.236 e. The molecule has 0 saturated carbocycles. The monoisotopic (exact) mass is 226 g/mol. The van der Waals surface area contributed by atoms with Gasteiger partial charge in [-0.15, -0.1) is 0 Å². The van der Waals surface area contributed by atoms with Crippen LogP contribution < -0.4 is 5.32 Å². The molecule has 3 heteroatoms. The van der Waals surface area contributed by atoms with Crippen molar-refractivity contribution >= 4 is 5.91 Å². The van der Waals surface area contributed by atoms with Crippen LogP contribution in [0.25, 0.3) is 0 Å². The Hall–Kier alpha value is -0.570. The molecule has 1 saturated heterocycles. The molecule has 1 aliphatic heterocycles. The third-order valence-electron chi connectivity index (χ3n) is 3.99. The summed E-state index contributed by atoms with van der Waals surface area (Å²) in [6.07, 6.45) is 4.64. The molecule has 1 N–H and O–H groups in total. The van der Waals surface area contributed by atoms with Crippen molar-refractivity contribution in [2.45, 2.75) is 46.5 Å². The zero-order valence-corrected chi connectivity index (χ0v) is 11.0. The Bertz CT molecular complexity index is 224. The van der Waals surface area contributed by atoms with E-state index in [0.717, 1.165) is 26.1 Å². The lowest BCUT2D eigenvalue weighted by Crippen LogP contribution is -2.38. The molecule has 1 heterocycles. The molecule has 1 rings (SSSR count). The van der Waals surface area contributed by atoms with Crippen LogP contribution in [0.5, 0.6) is 0 Å². The van der Waals surface area contributed by atoms with Crippen molar-refractivity contribution in [2.24, 2.45) is 5.41 Å². The second-order valence-electron chi connectivity index (χ2n) is 4.95. The quantitative estimate of drug-likeness (QED) is 0.703. The minimum absolute atomic E-state index is 0.275. The normalized spacial score (nSPS) is 19.1. The Morgan fingerprint density at radius 3 is 2.50 bits per heavy atom. The van der Waals surface area contributed by atoms with E-state index in [4.69, 9.17) is 0 Å². The van der Waals surface area contributed by atoms with E-state index in [2.05, 4.69) is 26.1 Å². The van der Waals surface area contributed by atoms with Crippen molar-refractivity contribution in [2.75, 3.05) is 26.2 Å². The molecule has 3 nitrogen and oxygen atoms in total. The molecule has 0 aromatic carbocycles. The first-order chi connectivity index (χ1) is 7.67. The molecule has 1 aliphatic rings. The fraction of sp³-hybridized carbons (Fsp3) is 0.923. The minimum atomic E-state index is 0.275. The Morgan fingerprint density at radius 1 is 1.31 bits per heavy atom. The van der Waals surface area contributed by atoms with Crippen LogP contribution in [0.15, 0.2) is 0 Å². The average molecular weight is 226 g/mol. The van der Waals surface area contributed by atoms with Crippen LogP contribution in [-0.2, 0) is 4.79 Å². The third-order valence-corrected chi connectivity index (χ3v) is 3.99. The number of nitrogens with zero attached hydrogens (tertiary/aromatic N) is 1. The summed E-state index contributed by atoms with van der Waals surface area (Å²) in [6.45, 7) is 9.97. The van der Waals surface area contributed by atoms with Crippen molar-refractivity contribution in [3.8, 4) is 0 Å². The van der Waals surface area contributed by atoms with Crippen LogP contribution in [0.3, 0.4) is 0 Å². The van der Waals surface area contributed by atoms with Crippen LogP contribution >= 0.6 is 0 Å². The van der Waals surface area contributed by atoms with Crippen LogP contribution in [0.4, 0.5) is 0 Å². The Kier molecular flexibility index (Phi) is 5.26. The van der Waals surface area contributed by atoms with Gasteiger partial charge >= 0.3 is 0 Å². The molecule has 0 aromatic heterocycles. The molecule has 0 atom stereocenters. The van der Waals surface area contributed by atoms with Crippen molar-refractivity contribution in [3.63, 3.8) is 0 Å². The molecule has 0 spiro atoms. The Labute approximate surface area is 99.6 Å². The summed E-state index contributed by atoms with van der Waals surface area (Å²) in [4.78, 5) is 13.9.